The van der Waals surface area contributed by atoms with Crippen molar-refractivity contribution in [2.75, 3.05) is 6.61 Å². The summed E-state index contributed by atoms with van der Waals surface area (Å²) in [5, 5.41) is 10.7. The molecule has 2 unspecified atom stereocenters. The quantitative estimate of drug-likeness (QED) is 0.852. The molecule has 3 nitrogen and oxygen atoms in total. The molecule has 0 saturated carbocycles. The number of benzene rings is 1. The van der Waals surface area contributed by atoms with E-state index in [2.05, 4.69) is 0 Å². The fourth-order valence-electron chi connectivity index (χ4n) is 2.90. The minimum Gasteiger partial charge on any atom is -0.466 e. The van der Waals surface area contributed by atoms with Crippen molar-refractivity contribution in [1.82, 2.24) is 0 Å². The minimum absolute atomic E-state index is 0.117. The lowest BCUT2D eigenvalue weighted by atomic mass is 9.91. The van der Waals surface area contributed by atoms with E-state index in [9.17, 15) is 14.3 Å². The monoisotopic (exact) mass is 266 g/mol. The van der Waals surface area contributed by atoms with E-state index in [-0.39, 0.29) is 18.9 Å². The molecule has 104 valence electrons. The Morgan fingerprint density at radius 3 is 2.89 bits per heavy atom. The van der Waals surface area contributed by atoms with Crippen LogP contribution in [0.1, 0.15) is 50.2 Å². The Bertz CT molecular complexity index is 486. The maximum Gasteiger partial charge on any atom is 0.309 e. The van der Waals surface area contributed by atoms with Gasteiger partial charge in [-0.15, -0.1) is 0 Å². The predicted molar refractivity (Wildman–Crippen MR) is 69.2 cm³/mol. The van der Waals surface area contributed by atoms with Gasteiger partial charge >= 0.3 is 5.97 Å². The van der Waals surface area contributed by atoms with Gasteiger partial charge in [0.15, 0.2) is 0 Å². The second-order valence-corrected chi connectivity index (χ2v) is 5.05. The lowest BCUT2D eigenvalue weighted by Crippen LogP contribution is -2.27. The molecule has 0 amide bonds. The molecule has 2 rings (SSSR count). The Kier molecular flexibility index (Phi) is 3.90. The van der Waals surface area contributed by atoms with Crippen LogP contribution in [0.5, 0.6) is 0 Å². The summed E-state index contributed by atoms with van der Waals surface area (Å²) in [7, 11) is 0. The van der Waals surface area contributed by atoms with E-state index in [1.54, 1.807) is 13.0 Å². The largest absolute Gasteiger partial charge is 0.466 e. The molecule has 0 aromatic heterocycles. The van der Waals surface area contributed by atoms with E-state index >= 15 is 0 Å². The van der Waals surface area contributed by atoms with Crippen molar-refractivity contribution < 1.29 is 19.0 Å². The summed E-state index contributed by atoms with van der Waals surface area (Å²) in [5.41, 5.74) is 0.174. The molecule has 0 bridgehead atoms. The smallest absolute Gasteiger partial charge is 0.309 e. The first-order valence-electron chi connectivity index (χ1n) is 6.68. The number of carbonyl (C=O) groups excluding carboxylic acids is 1. The normalized spacial score (nSPS) is 25.2. The van der Waals surface area contributed by atoms with E-state index in [1.807, 2.05) is 6.92 Å². The van der Waals surface area contributed by atoms with Gasteiger partial charge in [0.1, 0.15) is 11.4 Å². The first-order chi connectivity index (χ1) is 9.00. The number of halogens is 1. The summed E-state index contributed by atoms with van der Waals surface area (Å²) in [4.78, 5) is 11.6. The Hall–Kier alpha value is -1.42. The van der Waals surface area contributed by atoms with Crippen molar-refractivity contribution in [3.8, 4) is 0 Å². The summed E-state index contributed by atoms with van der Waals surface area (Å²) < 4.78 is 18.3. The maximum absolute atomic E-state index is 13.4. The molecule has 1 N–H and O–H groups in total. The Balaban J connectivity index is 2.33. The molecule has 1 aliphatic rings. The number of fused-ring (bicyclic) bond motifs is 1. The van der Waals surface area contributed by atoms with E-state index in [1.165, 1.54) is 12.1 Å². The summed E-state index contributed by atoms with van der Waals surface area (Å²) in [6.07, 6.45) is 1.18. The van der Waals surface area contributed by atoms with Crippen LogP contribution in [0.25, 0.3) is 0 Å². The molecule has 19 heavy (non-hydrogen) atoms. The SMILES string of the molecule is CCOC(=O)CC1(O)CC(CC)c2ccc(F)cc21. The van der Waals surface area contributed by atoms with Crippen LogP contribution in [0.3, 0.4) is 0 Å². The highest BCUT2D eigenvalue weighted by Gasteiger charge is 2.43. The van der Waals surface area contributed by atoms with Crippen LogP contribution >= 0.6 is 0 Å². The van der Waals surface area contributed by atoms with E-state index in [0.717, 1.165) is 12.0 Å². The number of ether oxygens (including phenoxy) is 1. The van der Waals surface area contributed by atoms with E-state index in [0.29, 0.717) is 12.0 Å². The Morgan fingerprint density at radius 1 is 1.53 bits per heavy atom. The number of hydrogen-bond donors (Lipinski definition) is 1. The summed E-state index contributed by atoms with van der Waals surface area (Å²) in [6.45, 7) is 4.02. The van der Waals surface area contributed by atoms with Crippen LogP contribution in [0.4, 0.5) is 4.39 Å². The second-order valence-electron chi connectivity index (χ2n) is 5.05. The van der Waals surface area contributed by atoms with Gasteiger partial charge in [-0.2, -0.15) is 0 Å². The third-order valence-corrected chi connectivity index (χ3v) is 3.78. The topological polar surface area (TPSA) is 46.5 Å². The second kappa shape index (κ2) is 5.29. The maximum atomic E-state index is 13.4. The fourth-order valence-corrected chi connectivity index (χ4v) is 2.90. The molecule has 0 aliphatic heterocycles. The van der Waals surface area contributed by atoms with E-state index in [4.69, 9.17) is 4.74 Å². The van der Waals surface area contributed by atoms with Gasteiger partial charge in [0.25, 0.3) is 0 Å². The number of esters is 1. The lowest BCUT2D eigenvalue weighted by Gasteiger charge is -2.23. The lowest BCUT2D eigenvalue weighted by molar-refractivity contribution is -0.149. The first kappa shape index (κ1) is 14.0. The highest BCUT2D eigenvalue weighted by molar-refractivity contribution is 5.71. The molecular weight excluding hydrogens is 247 g/mol. The summed E-state index contributed by atoms with van der Waals surface area (Å²) >= 11 is 0. The molecule has 1 aliphatic carbocycles. The van der Waals surface area contributed by atoms with Crippen molar-refractivity contribution in [2.24, 2.45) is 0 Å². The molecule has 0 fully saturated rings. The van der Waals surface area contributed by atoms with Gasteiger partial charge in [0.2, 0.25) is 0 Å². The highest BCUT2D eigenvalue weighted by Crippen LogP contribution is 2.48. The zero-order valence-corrected chi connectivity index (χ0v) is 11.3. The van der Waals surface area contributed by atoms with Crippen molar-refractivity contribution in [1.29, 1.82) is 0 Å². The summed E-state index contributed by atoms with van der Waals surface area (Å²) in [5.74, 6) is -0.676. The van der Waals surface area contributed by atoms with Crippen molar-refractivity contribution >= 4 is 5.97 Å². The van der Waals surface area contributed by atoms with E-state index < -0.39 is 17.4 Å². The van der Waals surface area contributed by atoms with Gasteiger partial charge in [-0.05, 0) is 48.9 Å². The molecule has 0 radical (unpaired) electrons. The molecule has 1 aromatic carbocycles. The van der Waals surface area contributed by atoms with Gasteiger partial charge in [-0.3, -0.25) is 4.79 Å². The zero-order valence-electron chi connectivity index (χ0n) is 11.3. The van der Waals surface area contributed by atoms with Crippen LogP contribution in [0.15, 0.2) is 18.2 Å². The van der Waals surface area contributed by atoms with Crippen molar-refractivity contribution in [3.05, 3.63) is 35.1 Å². The van der Waals surface area contributed by atoms with Crippen LogP contribution in [0, 0.1) is 5.82 Å². The molecular formula is C15H19FO3. The number of rotatable bonds is 4. The molecule has 0 heterocycles. The minimum atomic E-state index is -1.30. The van der Waals surface area contributed by atoms with Gasteiger partial charge < -0.3 is 9.84 Å². The Morgan fingerprint density at radius 2 is 2.26 bits per heavy atom. The predicted octanol–water partition coefficient (Wildman–Crippen LogP) is 2.86. The Labute approximate surface area is 112 Å². The zero-order chi connectivity index (χ0) is 14.0. The number of hydrogen-bond acceptors (Lipinski definition) is 3. The standard InChI is InChI=1S/C15H19FO3/c1-3-10-8-15(18,9-14(17)19-4-2)13-7-11(16)5-6-12(10)13/h5-7,10,18H,3-4,8-9H2,1-2H3. The highest BCUT2D eigenvalue weighted by atomic mass is 19.1. The summed E-state index contributed by atoms with van der Waals surface area (Å²) in [6, 6.07) is 4.45. The van der Waals surface area contributed by atoms with Crippen molar-refractivity contribution in [3.63, 3.8) is 0 Å². The number of carbonyl (C=O) groups is 1. The average molecular weight is 266 g/mol. The van der Waals surface area contributed by atoms with Gasteiger partial charge in [-0.1, -0.05) is 13.0 Å². The van der Waals surface area contributed by atoms with Gasteiger partial charge in [-0.25, -0.2) is 4.39 Å². The van der Waals surface area contributed by atoms with Crippen LogP contribution in [0.2, 0.25) is 0 Å². The first-order valence-corrected chi connectivity index (χ1v) is 6.68. The molecule has 0 spiro atoms. The molecule has 0 saturated heterocycles. The molecule has 4 heteroatoms. The third kappa shape index (κ3) is 2.63. The van der Waals surface area contributed by atoms with Crippen molar-refractivity contribution in [2.45, 2.75) is 44.6 Å². The van der Waals surface area contributed by atoms with Crippen LogP contribution < -0.4 is 0 Å². The molecule has 1 aromatic rings. The van der Waals surface area contributed by atoms with Gasteiger partial charge in [0, 0.05) is 0 Å². The fraction of sp³-hybridized carbons (Fsp3) is 0.533. The average Bonchev–Trinajstić information content (AvgIpc) is 2.62. The van der Waals surface area contributed by atoms with Crippen LogP contribution in [-0.4, -0.2) is 17.7 Å². The number of aliphatic hydroxyl groups is 1. The van der Waals surface area contributed by atoms with Crippen LogP contribution in [-0.2, 0) is 15.1 Å². The van der Waals surface area contributed by atoms with Gasteiger partial charge in [0.05, 0.1) is 13.0 Å². The molecule has 2 atom stereocenters. The third-order valence-electron chi connectivity index (χ3n) is 3.78.